The monoisotopic (exact) mass is 363 g/mol. The second kappa shape index (κ2) is 6.21. The van der Waals surface area contributed by atoms with Gasteiger partial charge in [0.2, 0.25) is 0 Å². The number of hydrogen-bond acceptors (Lipinski definition) is 3. The van der Waals surface area contributed by atoms with Crippen molar-refractivity contribution >= 4 is 21.8 Å². The van der Waals surface area contributed by atoms with Gasteiger partial charge >= 0.3 is 6.36 Å². The number of benzene rings is 1. The van der Waals surface area contributed by atoms with Crippen LogP contribution in [0.2, 0.25) is 0 Å². The zero-order chi connectivity index (χ0) is 15.5. The highest BCUT2D eigenvalue weighted by molar-refractivity contribution is 9.10. The van der Waals surface area contributed by atoms with E-state index < -0.39 is 12.3 Å². The smallest absolute Gasteiger partial charge is 0.444 e. The largest absolute Gasteiger partial charge is 0.573 e. The highest BCUT2D eigenvalue weighted by atomic mass is 79.9. The summed E-state index contributed by atoms with van der Waals surface area (Å²) in [5, 5.41) is 2.58. The normalized spacial score (nSPS) is 11.2. The van der Waals surface area contributed by atoms with E-state index in [1.54, 1.807) is 6.07 Å². The van der Waals surface area contributed by atoms with Gasteiger partial charge in [0, 0.05) is 6.54 Å². The van der Waals surface area contributed by atoms with Crippen molar-refractivity contribution in [3.8, 4) is 5.75 Å². The third kappa shape index (κ3) is 4.82. The summed E-state index contributed by atoms with van der Waals surface area (Å²) in [6, 6.07) is 8.30. The maximum Gasteiger partial charge on any atom is 0.573 e. The molecule has 4 nitrogen and oxygen atoms in total. The average molecular weight is 364 g/mol. The molecule has 0 fully saturated rings. The Bertz CT molecular complexity index is 622. The van der Waals surface area contributed by atoms with Crippen LogP contribution < -0.4 is 10.1 Å². The van der Waals surface area contributed by atoms with Crippen molar-refractivity contribution in [3.63, 3.8) is 0 Å². The quantitative estimate of drug-likeness (QED) is 0.896. The third-order valence-electron chi connectivity index (χ3n) is 2.41. The molecular formula is C13H9BrF3NO3. The average Bonchev–Trinajstić information content (AvgIpc) is 2.82. The second-order valence-corrected chi connectivity index (χ2v) is 4.76. The first-order valence-electron chi connectivity index (χ1n) is 5.72. The fraction of sp³-hybridized carbons (Fsp3) is 0.154. The molecule has 0 unspecified atom stereocenters. The van der Waals surface area contributed by atoms with E-state index in [-0.39, 0.29) is 18.1 Å². The SMILES string of the molecule is O=C(NCc1ccc(OC(F)(F)F)cc1)c1ccc(Br)o1. The van der Waals surface area contributed by atoms with Crippen molar-refractivity contribution in [2.24, 2.45) is 0 Å². The number of halogens is 4. The first kappa shape index (κ1) is 15.4. The Kier molecular flexibility index (Phi) is 4.56. The molecule has 1 heterocycles. The van der Waals surface area contributed by atoms with E-state index in [9.17, 15) is 18.0 Å². The van der Waals surface area contributed by atoms with Gasteiger partial charge in [-0.05, 0) is 45.8 Å². The summed E-state index contributed by atoms with van der Waals surface area (Å²) < 4.78 is 45.2. The third-order valence-corrected chi connectivity index (χ3v) is 2.83. The van der Waals surface area contributed by atoms with Crippen LogP contribution >= 0.6 is 15.9 Å². The van der Waals surface area contributed by atoms with Gasteiger partial charge in [0.15, 0.2) is 10.4 Å². The highest BCUT2D eigenvalue weighted by Crippen LogP contribution is 2.22. The van der Waals surface area contributed by atoms with Crippen LogP contribution in [0.25, 0.3) is 0 Å². The zero-order valence-corrected chi connectivity index (χ0v) is 12.0. The first-order valence-corrected chi connectivity index (χ1v) is 6.51. The number of furan rings is 1. The maximum absolute atomic E-state index is 12.0. The van der Waals surface area contributed by atoms with Crippen molar-refractivity contribution in [1.29, 1.82) is 0 Å². The van der Waals surface area contributed by atoms with Gasteiger partial charge in [-0.1, -0.05) is 12.1 Å². The minimum absolute atomic E-state index is 0.138. The standard InChI is InChI=1S/C13H9BrF3NO3/c14-11-6-5-10(20-11)12(19)18-7-8-1-3-9(4-2-8)21-13(15,16)17/h1-6H,7H2,(H,18,19). The molecule has 8 heteroatoms. The number of amides is 1. The molecule has 0 bridgehead atoms. The highest BCUT2D eigenvalue weighted by Gasteiger charge is 2.30. The predicted octanol–water partition coefficient (Wildman–Crippen LogP) is 3.87. The molecule has 112 valence electrons. The molecule has 2 aromatic rings. The van der Waals surface area contributed by atoms with Crippen molar-refractivity contribution in [1.82, 2.24) is 5.32 Å². The molecule has 0 radical (unpaired) electrons. The van der Waals surface area contributed by atoms with E-state index in [4.69, 9.17) is 4.42 Å². The van der Waals surface area contributed by atoms with Crippen LogP contribution in [-0.4, -0.2) is 12.3 Å². The summed E-state index contributed by atoms with van der Waals surface area (Å²) in [5.41, 5.74) is 0.628. The molecule has 1 N–H and O–H groups in total. The Morgan fingerprint density at radius 2 is 1.86 bits per heavy atom. The van der Waals surface area contributed by atoms with Crippen molar-refractivity contribution in [3.05, 3.63) is 52.4 Å². The Morgan fingerprint density at radius 1 is 1.19 bits per heavy atom. The molecule has 0 saturated carbocycles. The fourth-order valence-electron chi connectivity index (χ4n) is 1.51. The minimum atomic E-state index is -4.72. The van der Waals surface area contributed by atoms with Gasteiger partial charge < -0.3 is 14.5 Å². The van der Waals surface area contributed by atoms with Crippen LogP contribution in [0, 0.1) is 0 Å². The Morgan fingerprint density at radius 3 is 2.38 bits per heavy atom. The summed E-state index contributed by atoms with van der Waals surface area (Å²) in [6.07, 6.45) is -4.72. The number of carbonyl (C=O) groups excluding carboxylic acids is 1. The van der Waals surface area contributed by atoms with Crippen LogP contribution in [-0.2, 0) is 6.54 Å². The van der Waals surface area contributed by atoms with Gasteiger partial charge in [0.1, 0.15) is 5.75 Å². The lowest BCUT2D eigenvalue weighted by Crippen LogP contribution is -2.22. The van der Waals surface area contributed by atoms with Crippen LogP contribution in [0.1, 0.15) is 16.1 Å². The Balaban J connectivity index is 1.90. The van der Waals surface area contributed by atoms with E-state index in [0.717, 1.165) is 0 Å². The van der Waals surface area contributed by atoms with Gasteiger partial charge in [-0.2, -0.15) is 0 Å². The van der Waals surface area contributed by atoms with E-state index in [0.29, 0.717) is 10.2 Å². The lowest BCUT2D eigenvalue weighted by molar-refractivity contribution is -0.274. The molecule has 1 amide bonds. The van der Waals surface area contributed by atoms with Crippen molar-refractivity contribution < 1.29 is 27.1 Å². The summed E-state index contributed by atoms with van der Waals surface area (Å²) >= 11 is 3.08. The molecule has 0 aliphatic carbocycles. The molecule has 0 atom stereocenters. The van der Waals surface area contributed by atoms with E-state index in [2.05, 4.69) is 26.0 Å². The number of carbonyl (C=O) groups is 1. The van der Waals surface area contributed by atoms with Crippen molar-refractivity contribution in [2.75, 3.05) is 0 Å². The lowest BCUT2D eigenvalue weighted by Gasteiger charge is -2.09. The minimum Gasteiger partial charge on any atom is -0.444 e. The van der Waals surface area contributed by atoms with Crippen LogP contribution in [0.4, 0.5) is 13.2 Å². The van der Waals surface area contributed by atoms with Gasteiger partial charge in [0.25, 0.3) is 5.91 Å². The van der Waals surface area contributed by atoms with Crippen LogP contribution in [0.15, 0.2) is 45.5 Å². The molecule has 1 aromatic heterocycles. The molecule has 1 aromatic carbocycles. The number of alkyl halides is 3. The summed E-state index contributed by atoms with van der Waals surface area (Å²) in [4.78, 5) is 11.7. The molecular weight excluding hydrogens is 355 g/mol. The van der Waals surface area contributed by atoms with E-state index in [1.165, 1.54) is 30.3 Å². The van der Waals surface area contributed by atoms with Gasteiger partial charge in [0.05, 0.1) is 0 Å². The molecule has 21 heavy (non-hydrogen) atoms. The van der Waals surface area contributed by atoms with Crippen LogP contribution in [0.3, 0.4) is 0 Å². The molecule has 0 aliphatic heterocycles. The number of ether oxygens (including phenoxy) is 1. The van der Waals surface area contributed by atoms with Gasteiger partial charge in [-0.3, -0.25) is 4.79 Å². The summed E-state index contributed by atoms with van der Waals surface area (Å²) in [7, 11) is 0. The van der Waals surface area contributed by atoms with E-state index >= 15 is 0 Å². The second-order valence-electron chi connectivity index (χ2n) is 3.98. The summed E-state index contributed by atoms with van der Waals surface area (Å²) in [5.74, 6) is -0.595. The Labute approximate surface area is 126 Å². The molecule has 0 aliphatic rings. The van der Waals surface area contributed by atoms with Crippen LogP contribution in [0.5, 0.6) is 5.75 Å². The topological polar surface area (TPSA) is 51.5 Å². The molecule has 0 spiro atoms. The van der Waals surface area contributed by atoms with Gasteiger partial charge in [-0.15, -0.1) is 13.2 Å². The maximum atomic E-state index is 12.0. The van der Waals surface area contributed by atoms with E-state index in [1.807, 2.05) is 0 Å². The molecule has 2 rings (SSSR count). The predicted molar refractivity (Wildman–Crippen MR) is 70.7 cm³/mol. The summed E-state index contributed by atoms with van der Waals surface area (Å²) in [6.45, 7) is 0.156. The number of hydrogen-bond donors (Lipinski definition) is 1. The number of rotatable bonds is 4. The lowest BCUT2D eigenvalue weighted by atomic mass is 10.2. The first-order chi connectivity index (χ1) is 9.83. The van der Waals surface area contributed by atoms with Gasteiger partial charge in [-0.25, -0.2) is 0 Å². The zero-order valence-electron chi connectivity index (χ0n) is 10.4. The fourth-order valence-corrected chi connectivity index (χ4v) is 1.82. The molecule has 0 saturated heterocycles. The van der Waals surface area contributed by atoms with Crippen molar-refractivity contribution in [2.45, 2.75) is 12.9 Å². The Hall–Kier alpha value is -1.96. The number of nitrogens with one attached hydrogen (secondary N) is 1.